The lowest BCUT2D eigenvalue weighted by atomic mass is 10.0. The Bertz CT molecular complexity index is 1200. The van der Waals surface area contributed by atoms with Gasteiger partial charge >= 0.3 is 0 Å². The number of rotatable bonds is 13. The Labute approximate surface area is 248 Å². The van der Waals surface area contributed by atoms with Gasteiger partial charge in [0.1, 0.15) is 0 Å². The highest BCUT2D eigenvalue weighted by atomic mass is 16.2. The molecule has 1 unspecified atom stereocenters. The number of aromatic nitrogens is 4. The van der Waals surface area contributed by atoms with Crippen molar-refractivity contribution in [1.29, 1.82) is 0 Å². The lowest BCUT2D eigenvalue weighted by molar-refractivity contribution is -0.130. The third-order valence-corrected chi connectivity index (χ3v) is 6.16. The van der Waals surface area contributed by atoms with E-state index in [0.29, 0.717) is 18.9 Å². The van der Waals surface area contributed by atoms with Gasteiger partial charge < -0.3 is 4.90 Å². The van der Waals surface area contributed by atoms with Crippen molar-refractivity contribution >= 4 is 5.91 Å². The molecule has 1 atom stereocenters. The fourth-order valence-corrected chi connectivity index (χ4v) is 4.16. The molecule has 0 saturated heterocycles. The summed E-state index contributed by atoms with van der Waals surface area (Å²) in [7, 11) is 0. The maximum Gasteiger partial charge on any atom is 0.250 e. The van der Waals surface area contributed by atoms with Crippen molar-refractivity contribution in [2.45, 2.75) is 87.0 Å². The van der Waals surface area contributed by atoms with E-state index in [1.54, 1.807) is 18.5 Å². The maximum atomic E-state index is 13.4. The first-order valence-electron chi connectivity index (χ1n) is 15.2. The van der Waals surface area contributed by atoms with Gasteiger partial charge in [-0.25, -0.2) is 14.6 Å². The second kappa shape index (κ2) is 21.0. The number of benzene rings is 1. The summed E-state index contributed by atoms with van der Waals surface area (Å²) < 4.78 is 1.82. The Hall–Kier alpha value is -3.80. The molecule has 0 saturated carbocycles. The molecule has 2 aromatic heterocycles. The van der Waals surface area contributed by atoms with Crippen molar-refractivity contribution in [2.24, 2.45) is 0 Å². The molecule has 222 valence electrons. The van der Waals surface area contributed by atoms with Gasteiger partial charge in [0.25, 0.3) is 5.95 Å². The molecule has 6 heteroatoms. The Balaban J connectivity index is 0.00000201. The van der Waals surface area contributed by atoms with Crippen LogP contribution in [0.15, 0.2) is 90.8 Å². The number of nitrogens with zero attached hydrogens (tertiary/aromatic N) is 5. The van der Waals surface area contributed by atoms with E-state index in [1.165, 1.54) is 0 Å². The molecule has 6 nitrogen and oxygen atoms in total. The Kier molecular flexibility index (Phi) is 18.1. The monoisotopic (exact) mass is 557 g/mol. The number of carbonyl (C=O) groups is 1. The van der Waals surface area contributed by atoms with Crippen LogP contribution in [0.5, 0.6) is 0 Å². The van der Waals surface area contributed by atoms with Gasteiger partial charge in [0.2, 0.25) is 5.91 Å². The van der Waals surface area contributed by atoms with Crippen molar-refractivity contribution in [3.8, 4) is 17.2 Å². The summed E-state index contributed by atoms with van der Waals surface area (Å²) in [6.07, 6.45) is 17.0. The first-order chi connectivity index (χ1) is 20.0. The van der Waals surface area contributed by atoms with Crippen LogP contribution < -0.4 is 0 Å². The van der Waals surface area contributed by atoms with E-state index in [0.717, 1.165) is 48.3 Å². The SMILES string of the molecule is CC.CC.C\C=C/C=C\C=C(/C)CC(=O)N(CCCCC)CC(C)c1cc(-c2ccccc2)nn1-c1ncccn1. The van der Waals surface area contributed by atoms with Crippen molar-refractivity contribution < 1.29 is 4.79 Å². The van der Waals surface area contributed by atoms with Gasteiger partial charge in [-0.15, -0.1) is 0 Å². The van der Waals surface area contributed by atoms with E-state index in [-0.39, 0.29) is 11.8 Å². The first-order valence-corrected chi connectivity index (χ1v) is 15.2. The number of carbonyl (C=O) groups excluding carboxylic acids is 1. The normalized spacial score (nSPS) is 12.0. The van der Waals surface area contributed by atoms with Gasteiger partial charge in [0, 0.05) is 43.4 Å². The van der Waals surface area contributed by atoms with Crippen molar-refractivity contribution in [1.82, 2.24) is 24.6 Å². The van der Waals surface area contributed by atoms with Crippen LogP contribution in [0, 0.1) is 0 Å². The quantitative estimate of drug-likeness (QED) is 0.155. The summed E-state index contributed by atoms with van der Waals surface area (Å²) >= 11 is 0. The Morgan fingerprint density at radius 3 is 2.29 bits per heavy atom. The summed E-state index contributed by atoms with van der Waals surface area (Å²) in [6, 6.07) is 14.0. The molecule has 1 amide bonds. The van der Waals surface area contributed by atoms with Gasteiger partial charge in [-0.05, 0) is 32.4 Å². The highest BCUT2D eigenvalue weighted by Crippen LogP contribution is 2.26. The molecule has 0 aliphatic heterocycles. The molecule has 0 aliphatic carbocycles. The van der Waals surface area contributed by atoms with Crippen molar-refractivity contribution in [2.75, 3.05) is 13.1 Å². The number of hydrogen-bond acceptors (Lipinski definition) is 4. The average molecular weight is 558 g/mol. The Morgan fingerprint density at radius 1 is 0.976 bits per heavy atom. The molecule has 3 rings (SSSR count). The minimum Gasteiger partial charge on any atom is -0.342 e. The fraction of sp³-hybridized carbons (Fsp3) is 0.429. The van der Waals surface area contributed by atoms with Crippen molar-refractivity contribution in [3.05, 3.63) is 96.5 Å². The minimum absolute atomic E-state index is 0.0400. The van der Waals surface area contributed by atoms with Gasteiger partial charge in [-0.2, -0.15) is 5.10 Å². The number of unbranched alkanes of at least 4 members (excludes halogenated alkanes) is 2. The molecule has 41 heavy (non-hydrogen) atoms. The molecule has 0 N–H and O–H groups in total. The molecule has 0 aliphatic rings. The van der Waals surface area contributed by atoms with Crippen LogP contribution in [0.25, 0.3) is 17.2 Å². The second-order valence-corrected chi connectivity index (χ2v) is 9.33. The number of amides is 1. The average Bonchev–Trinajstić information content (AvgIpc) is 3.48. The van der Waals surface area contributed by atoms with Crippen LogP contribution in [-0.2, 0) is 4.79 Å². The molecule has 0 spiro atoms. The third kappa shape index (κ3) is 12.1. The van der Waals surface area contributed by atoms with Gasteiger partial charge in [-0.1, -0.05) is 121 Å². The molecule has 2 heterocycles. The predicted octanol–water partition coefficient (Wildman–Crippen LogP) is 8.97. The van der Waals surface area contributed by atoms with Gasteiger partial charge in [0.15, 0.2) is 0 Å². The molecule has 0 radical (unpaired) electrons. The summed E-state index contributed by atoms with van der Waals surface area (Å²) in [5, 5.41) is 4.86. The molecule has 3 aromatic rings. The van der Waals surface area contributed by atoms with E-state index in [4.69, 9.17) is 5.10 Å². The van der Waals surface area contributed by atoms with Crippen LogP contribution in [0.2, 0.25) is 0 Å². The minimum atomic E-state index is 0.0400. The summed E-state index contributed by atoms with van der Waals surface area (Å²) in [4.78, 5) is 24.3. The number of hydrogen-bond donors (Lipinski definition) is 0. The Morgan fingerprint density at radius 2 is 1.66 bits per heavy atom. The zero-order valence-electron chi connectivity index (χ0n) is 26.5. The van der Waals surface area contributed by atoms with Crippen LogP contribution in [0.3, 0.4) is 0 Å². The molecular weight excluding hydrogens is 506 g/mol. The molecule has 1 aromatic carbocycles. The summed E-state index contributed by atoms with van der Waals surface area (Å²) in [5.41, 5.74) is 3.94. The van der Waals surface area contributed by atoms with Crippen LogP contribution in [0.1, 0.15) is 92.7 Å². The van der Waals surface area contributed by atoms with Gasteiger partial charge in [-0.3, -0.25) is 4.79 Å². The van der Waals surface area contributed by atoms with E-state index in [2.05, 4.69) is 29.9 Å². The smallest absolute Gasteiger partial charge is 0.250 e. The third-order valence-electron chi connectivity index (χ3n) is 6.16. The highest BCUT2D eigenvalue weighted by Gasteiger charge is 2.23. The van der Waals surface area contributed by atoms with Gasteiger partial charge in [0.05, 0.1) is 11.4 Å². The fourth-order valence-electron chi connectivity index (χ4n) is 4.16. The lowest BCUT2D eigenvalue weighted by Crippen LogP contribution is -2.35. The van der Waals surface area contributed by atoms with E-state index >= 15 is 0 Å². The van der Waals surface area contributed by atoms with Crippen LogP contribution >= 0.6 is 0 Å². The van der Waals surface area contributed by atoms with Crippen molar-refractivity contribution in [3.63, 3.8) is 0 Å². The molecular formula is C35H51N5O. The summed E-state index contributed by atoms with van der Waals surface area (Å²) in [5.74, 6) is 0.724. The zero-order valence-corrected chi connectivity index (χ0v) is 26.5. The van der Waals surface area contributed by atoms with Crippen LogP contribution in [0.4, 0.5) is 0 Å². The topological polar surface area (TPSA) is 63.9 Å². The predicted molar refractivity (Wildman–Crippen MR) is 174 cm³/mol. The lowest BCUT2D eigenvalue weighted by Gasteiger charge is -2.26. The van der Waals surface area contributed by atoms with E-state index in [1.807, 2.05) is 112 Å². The standard InChI is InChI=1S/C31H39N5O.2C2H6/c1-5-7-9-11-16-25(3)22-30(37)35(21-14-8-6-2)24-26(4)29-23-28(27-17-12-10-13-18-27)34-36(29)31-32-19-15-20-33-31;2*1-2/h5,7,9-13,15-20,23,26H,6,8,14,21-22,24H2,1-4H3;2*1-2H3/b7-5-,11-9-,25-16+;;. The summed E-state index contributed by atoms with van der Waals surface area (Å²) in [6.45, 7) is 17.7. The number of allylic oxidation sites excluding steroid dienone is 5. The highest BCUT2D eigenvalue weighted by molar-refractivity contribution is 5.78. The van der Waals surface area contributed by atoms with Crippen LogP contribution in [-0.4, -0.2) is 43.6 Å². The first kappa shape index (κ1) is 35.2. The van der Waals surface area contributed by atoms with E-state index < -0.39 is 0 Å². The zero-order chi connectivity index (χ0) is 30.5. The largest absolute Gasteiger partial charge is 0.342 e. The second-order valence-electron chi connectivity index (χ2n) is 9.33. The molecule has 0 fully saturated rings. The molecule has 0 bridgehead atoms. The van der Waals surface area contributed by atoms with E-state index in [9.17, 15) is 4.79 Å². The maximum absolute atomic E-state index is 13.4.